The SMILES string of the molecule is Cc1ccc(S(=O)(=O)N(CC(=O)Nc2ccc(Cl)cc2C)Cc2ccccc2F)cc1. The predicted molar refractivity (Wildman–Crippen MR) is 120 cm³/mol. The fraction of sp³-hybridized carbons (Fsp3) is 0.174. The third-order valence-electron chi connectivity index (χ3n) is 4.75. The van der Waals surface area contributed by atoms with E-state index >= 15 is 0 Å². The Kier molecular flexibility index (Phi) is 7.10. The maximum atomic E-state index is 14.2. The Labute approximate surface area is 186 Å². The van der Waals surface area contributed by atoms with Gasteiger partial charge in [0.15, 0.2) is 0 Å². The van der Waals surface area contributed by atoms with Crippen LogP contribution >= 0.6 is 11.6 Å². The lowest BCUT2D eigenvalue weighted by Gasteiger charge is -2.22. The van der Waals surface area contributed by atoms with Gasteiger partial charge in [-0.1, -0.05) is 47.5 Å². The largest absolute Gasteiger partial charge is 0.325 e. The van der Waals surface area contributed by atoms with Gasteiger partial charge in [0, 0.05) is 22.8 Å². The van der Waals surface area contributed by atoms with Crippen LogP contribution in [0.3, 0.4) is 0 Å². The molecule has 0 aliphatic heterocycles. The lowest BCUT2D eigenvalue weighted by atomic mass is 10.2. The monoisotopic (exact) mass is 460 g/mol. The van der Waals surface area contributed by atoms with Gasteiger partial charge in [0.25, 0.3) is 0 Å². The van der Waals surface area contributed by atoms with Gasteiger partial charge in [-0.05, 0) is 55.8 Å². The molecule has 0 saturated carbocycles. The molecule has 3 aromatic rings. The zero-order valence-electron chi connectivity index (χ0n) is 17.1. The summed E-state index contributed by atoms with van der Waals surface area (Å²) in [5, 5.41) is 3.23. The average molecular weight is 461 g/mol. The molecule has 1 amide bonds. The number of halogens is 2. The van der Waals surface area contributed by atoms with Crippen LogP contribution in [0.2, 0.25) is 5.02 Å². The Hall–Kier alpha value is -2.74. The van der Waals surface area contributed by atoms with E-state index in [0.717, 1.165) is 15.4 Å². The molecular formula is C23H22ClFN2O3S. The second kappa shape index (κ2) is 9.60. The van der Waals surface area contributed by atoms with E-state index in [9.17, 15) is 17.6 Å². The molecule has 0 spiro atoms. The fourth-order valence-electron chi connectivity index (χ4n) is 3.02. The van der Waals surface area contributed by atoms with Gasteiger partial charge >= 0.3 is 0 Å². The van der Waals surface area contributed by atoms with E-state index in [2.05, 4.69) is 5.32 Å². The Morgan fingerprint density at radius 2 is 1.71 bits per heavy atom. The highest BCUT2D eigenvalue weighted by molar-refractivity contribution is 7.89. The van der Waals surface area contributed by atoms with Crippen molar-refractivity contribution in [3.63, 3.8) is 0 Å². The first-order chi connectivity index (χ1) is 14.7. The molecule has 31 heavy (non-hydrogen) atoms. The van der Waals surface area contributed by atoms with Crippen LogP contribution in [0.4, 0.5) is 10.1 Å². The molecule has 5 nitrogen and oxygen atoms in total. The molecule has 0 saturated heterocycles. The number of nitrogens with zero attached hydrogens (tertiary/aromatic N) is 1. The van der Waals surface area contributed by atoms with Gasteiger partial charge in [-0.15, -0.1) is 0 Å². The molecule has 8 heteroatoms. The molecule has 3 rings (SSSR count). The number of aryl methyl sites for hydroxylation is 2. The van der Waals surface area contributed by atoms with E-state index < -0.39 is 28.3 Å². The standard InChI is InChI=1S/C23H22ClFN2O3S/c1-16-7-10-20(11-8-16)31(29,30)27(14-18-5-3-4-6-21(18)25)15-23(28)26-22-12-9-19(24)13-17(22)2/h3-13H,14-15H2,1-2H3,(H,26,28). The molecule has 162 valence electrons. The van der Waals surface area contributed by atoms with Crippen LogP contribution in [0, 0.1) is 19.7 Å². The van der Waals surface area contributed by atoms with E-state index in [1.54, 1.807) is 43.3 Å². The number of amides is 1. The topological polar surface area (TPSA) is 66.5 Å². The molecule has 0 radical (unpaired) electrons. The average Bonchev–Trinajstić information content (AvgIpc) is 2.71. The van der Waals surface area contributed by atoms with Gasteiger partial charge in [0.2, 0.25) is 15.9 Å². The summed E-state index contributed by atoms with van der Waals surface area (Å²) in [5.74, 6) is -1.09. The third kappa shape index (κ3) is 5.70. The van der Waals surface area contributed by atoms with Crippen LogP contribution < -0.4 is 5.32 Å². The zero-order valence-corrected chi connectivity index (χ0v) is 18.7. The Morgan fingerprint density at radius 3 is 2.35 bits per heavy atom. The Bertz CT molecular complexity index is 1200. The molecule has 0 aromatic heterocycles. The number of carbonyl (C=O) groups is 1. The molecule has 0 heterocycles. The lowest BCUT2D eigenvalue weighted by molar-refractivity contribution is -0.116. The summed E-state index contributed by atoms with van der Waals surface area (Å²) in [6, 6.07) is 17.1. The van der Waals surface area contributed by atoms with Gasteiger partial charge in [-0.2, -0.15) is 4.31 Å². The first-order valence-corrected chi connectivity index (χ1v) is 11.3. The molecular weight excluding hydrogens is 439 g/mol. The van der Waals surface area contributed by atoms with Crippen LogP contribution in [-0.2, 0) is 21.4 Å². The number of carbonyl (C=O) groups excluding carboxylic acids is 1. The Balaban J connectivity index is 1.90. The highest BCUT2D eigenvalue weighted by Crippen LogP contribution is 2.22. The number of hydrogen-bond donors (Lipinski definition) is 1. The maximum Gasteiger partial charge on any atom is 0.243 e. The van der Waals surface area contributed by atoms with Crippen molar-refractivity contribution in [1.29, 1.82) is 0 Å². The number of benzene rings is 3. The smallest absolute Gasteiger partial charge is 0.243 e. The van der Waals surface area contributed by atoms with Crippen LogP contribution in [0.1, 0.15) is 16.7 Å². The fourth-order valence-corrected chi connectivity index (χ4v) is 4.62. The summed E-state index contributed by atoms with van der Waals surface area (Å²) >= 11 is 5.95. The van der Waals surface area contributed by atoms with Crippen molar-refractivity contribution >= 4 is 33.2 Å². The summed E-state index contributed by atoms with van der Waals surface area (Å²) in [4.78, 5) is 12.8. The minimum atomic E-state index is -4.05. The van der Waals surface area contributed by atoms with E-state index in [0.29, 0.717) is 10.7 Å². The van der Waals surface area contributed by atoms with Gasteiger partial charge in [-0.3, -0.25) is 4.79 Å². The van der Waals surface area contributed by atoms with Crippen LogP contribution in [0.5, 0.6) is 0 Å². The second-order valence-corrected chi connectivity index (χ2v) is 9.56. The summed E-state index contributed by atoms with van der Waals surface area (Å²) in [6.45, 7) is 2.86. The van der Waals surface area contributed by atoms with Gasteiger partial charge in [-0.25, -0.2) is 12.8 Å². The van der Waals surface area contributed by atoms with Crippen molar-refractivity contribution < 1.29 is 17.6 Å². The van der Waals surface area contributed by atoms with Gasteiger partial charge in [0.1, 0.15) is 5.82 Å². The van der Waals surface area contributed by atoms with Gasteiger partial charge < -0.3 is 5.32 Å². The molecule has 1 N–H and O–H groups in total. The van der Waals surface area contributed by atoms with E-state index in [1.807, 2.05) is 6.92 Å². The van der Waals surface area contributed by atoms with E-state index in [4.69, 9.17) is 11.6 Å². The highest BCUT2D eigenvalue weighted by Gasteiger charge is 2.28. The van der Waals surface area contributed by atoms with Crippen molar-refractivity contribution in [2.45, 2.75) is 25.3 Å². The first-order valence-electron chi connectivity index (χ1n) is 9.53. The summed E-state index contributed by atoms with van der Waals surface area (Å²) in [7, 11) is -4.05. The molecule has 3 aromatic carbocycles. The lowest BCUT2D eigenvalue weighted by Crippen LogP contribution is -2.37. The van der Waals surface area contributed by atoms with Crippen molar-refractivity contribution in [3.8, 4) is 0 Å². The number of anilines is 1. The van der Waals surface area contributed by atoms with Crippen molar-refractivity contribution in [3.05, 3.63) is 94.3 Å². The minimum Gasteiger partial charge on any atom is -0.325 e. The molecule has 0 aliphatic rings. The van der Waals surface area contributed by atoms with Crippen molar-refractivity contribution in [2.75, 3.05) is 11.9 Å². The van der Waals surface area contributed by atoms with Crippen molar-refractivity contribution in [1.82, 2.24) is 4.31 Å². The van der Waals surface area contributed by atoms with Crippen molar-refractivity contribution in [2.24, 2.45) is 0 Å². The molecule has 0 unspecified atom stereocenters. The number of nitrogens with one attached hydrogen (secondary N) is 1. The summed E-state index contributed by atoms with van der Waals surface area (Å²) < 4.78 is 41.7. The molecule has 0 bridgehead atoms. The van der Waals surface area contributed by atoms with Gasteiger partial charge in [0.05, 0.1) is 11.4 Å². The summed E-state index contributed by atoms with van der Waals surface area (Å²) in [6.07, 6.45) is 0. The first kappa shape index (κ1) is 22.9. The number of hydrogen-bond acceptors (Lipinski definition) is 3. The molecule has 0 fully saturated rings. The molecule has 0 aliphatic carbocycles. The Morgan fingerprint density at radius 1 is 1.03 bits per heavy atom. The van der Waals surface area contributed by atoms with E-state index in [1.165, 1.54) is 30.3 Å². The normalized spacial score (nSPS) is 11.5. The third-order valence-corrected chi connectivity index (χ3v) is 6.79. The zero-order chi connectivity index (χ0) is 22.6. The quantitative estimate of drug-likeness (QED) is 0.544. The van der Waals surface area contributed by atoms with Crippen LogP contribution in [0.15, 0.2) is 71.6 Å². The van der Waals surface area contributed by atoms with E-state index in [-0.39, 0.29) is 17.0 Å². The summed E-state index contributed by atoms with van der Waals surface area (Å²) in [5.41, 5.74) is 2.33. The maximum absolute atomic E-state index is 14.2. The number of sulfonamides is 1. The number of rotatable bonds is 7. The minimum absolute atomic E-state index is 0.0323. The van der Waals surface area contributed by atoms with Crippen LogP contribution in [-0.4, -0.2) is 25.2 Å². The molecule has 0 atom stereocenters. The highest BCUT2D eigenvalue weighted by atomic mass is 35.5. The van der Waals surface area contributed by atoms with Crippen LogP contribution in [0.25, 0.3) is 0 Å². The second-order valence-electron chi connectivity index (χ2n) is 7.18. The predicted octanol–water partition coefficient (Wildman–Crippen LogP) is 4.93.